The zero-order valence-corrected chi connectivity index (χ0v) is 17.8. The highest BCUT2D eigenvalue weighted by Gasteiger charge is 2.23. The molecule has 1 saturated heterocycles. The Morgan fingerprint density at radius 2 is 1.54 bits per heavy atom. The molecule has 0 atom stereocenters. The second-order valence-corrected chi connectivity index (χ2v) is 11.3. The van der Waals surface area contributed by atoms with Gasteiger partial charge in [0.1, 0.15) is 0 Å². The zero-order chi connectivity index (χ0) is 20.4. The van der Waals surface area contributed by atoms with Crippen LogP contribution in [0, 0.1) is 0 Å². The van der Waals surface area contributed by atoms with Crippen molar-refractivity contribution in [1.29, 1.82) is 0 Å². The summed E-state index contributed by atoms with van der Waals surface area (Å²) in [4.78, 5) is 4.51. The van der Waals surface area contributed by atoms with Crippen LogP contribution in [0.4, 0.5) is 5.69 Å². The average Bonchev–Trinajstić information content (AvgIpc) is 2.86. The van der Waals surface area contributed by atoms with E-state index in [4.69, 9.17) is 0 Å². The van der Waals surface area contributed by atoms with Crippen LogP contribution in [0.1, 0.15) is 12.0 Å². The summed E-state index contributed by atoms with van der Waals surface area (Å²) in [5, 5.41) is 0. The van der Waals surface area contributed by atoms with E-state index in [0.717, 1.165) is 45.1 Å². The highest BCUT2D eigenvalue weighted by molar-refractivity contribution is 7.91. The number of sulfone groups is 2. The Kier molecular flexibility index (Phi) is 6.12. The van der Waals surface area contributed by atoms with Crippen molar-refractivity contribution in [2.75, 3.05) is 43.6 Å². The van der Waals surface area contributed by atoms with Crippen molar-refractivity contribution < 1.29 is 16.8 Å². The van der Waals surface area contributed by atoms with Crippen LogP contribution in [-0.2, 0) is 26.2 Å². The van der Waals surface area contributed by atoms with E-state index in [1.54, 1.807) is 6.07 Å². The van der Waals surface area contributed by atoms with Crippen LogP contribution < -0.4 is 4.90 Å². The first-order valence-electron chi connectivity index (χ1n) is 9.20. The molecule has 1 aliphatic heterocycles. The van der Waals surface area contributed by atoms with Crippen molar-refractivity contribution in [3.8, 4) is 0 Å². The summed E-state index contributed by atoms with van der Waals surface area (Å²) in [7, 11) is -7.03. The molecule has 0 N–H and O–H groups in total. The van der Waals surface area contributed by atoms with E-state index in [0.29, 0.717) is 12.2 Å². The molecular formula is C20H26N2O4S2. The molecule has 0 aromatic heterocycles. The van der Waals surface area contributed by atoms with Crippen molar-refractivity contribution in [3.63, 3.8) is 0 Å². The highest BCUT2D eigenvalue weighted by atomic mass is 32.2. The molecule has 2 aromatic rings. The monoisotopic (exact) mass is 422 g/mol. The molecule has 1 aliphatic rings. The number of hydrogen-bond donors (Lipinski definition) is 0. The molecule has 152 valence electrons. The fourth-order valence-corrected chi connectivity index (χ4v) is 5.13. The van der Waals surface area contributed by atoms with Crippen molar-refractivity contribution in [3.05, 3.63) is 54.1 Å². The SMILES string of the molecule is CS(=O)(=O)c1ccc(N2CCCN(Cc3ccccc3)CC2)c(S(C)(=O)=O)c1. The third-order valence-corrected chi connectivity index (χ3v) is 7.17. The van der Waals surface area contributed by atoms with Gasteiger partial charge >= 0.3 is 0 Å². The maximum absolute atomic E-state index is 12.3. The first-order valence-corrected chi connectivity index (χ1v) is 13.0. The van der Waals surface area contributed by atoms with Crippen molar-refractivity contribution in [2.24, 2.45) is 0 Å². The molecular weight excluding hydrogens is 396 g/mol. The number of anilines is 1. The fourth-order valence-electron chi connectivity index (χ4n) is 3.49. The van der Waals surface area contributed by atoms with Crippen molar-refractivity contribution in [1.82, 2.24) is 4.90 Å². The Balaban J connectivity index is 1.83. The minimum absolute atomic E-state index is 0.0252. The molecule has 0 bridgehead atoms. The predicted octanol–water partition coefficient (Wildman–Crippen LogP) is 2.21. The van der Waals surface area contributed by atoms with E-state index < -0.39 is 19.7 Å². The first kappa shape index (κ1) is 20.8. The van der Waals surface area contributed by atoms with E-state index in [2.05, 4.69) is 17.0 Å². The Morgan fingerprint density at radius 3 is 2.18 bits per heavy atom. The quantitative estimate of drug-likeness (QED) is 0.735. The standard InChI is InChI=1S/C20H26N2O4S2/c1-27(23,24)18-9-10-19(20(15-18)28(2,25)26)22-12-6-11-21(13-14-22)16-17-7-4-3-5-8-17/h3-5,7-10,15H,6,11-14,16H2,1-2H3. The Labute approximate surface area is 167 Å². The highest BCUT2D eigenvalue weighted by Crippen LogP contribution is 2.29. The summed E-state index contributed by atoms with van der Waals surface area (Å²) in [6, 6.07) is 14.7. The maximum atomic E-state index is 12.3. The van der Waals surface area contributed by atoms with Gasteiger partial charge in [-0.1, -0.05) is 30.3 Å². The lowest BCUT2D eigenvalue weighted by molar-refractivity contribution is 0.285. The van der Waals surface area contributed by atoms with Gasteiger partial charge in [-0.25, -0.2) is 16.8 Å². The van der Waals surface area contributed by atoms with Gasteiger partial charge in [0.2, 0.25) is 0 Å². The van der Waals surface area contributed by atoms with E-state index in [-0.39, 0.29) is 9.79 Å². The Hall–Kier alpha value is -1.90. The molecule has 0 saturated carbocycles. The van der Waals surface area contributed by atoms with Crippen LogP contribution >= 0.6 is 0 Å². The lowest BCUT2D eigenvalue weighted by Crippen LogP contribution is -2.31. The minimum Gasteiger partial charge on any atom is -0.369 e. The van der Waals surface area contributed by atoms with Gasteiger partial charge in [-0.2, -0.15) is 0 Å². The van der Waals surface area contributed by atoms with Crippen molar-refractivity contribution >= 4 is 25.4 Å². The first-order chi connectivity index (χ1) is 13.1. The summed E-state index contributed by atoms with van der Waals surface area (Å²) in [6.07, 6.45) is 3.11. The number of benzene rings is 2. The molecule has 3 rings (SSSR count). The van der Waals surface area contributed by atoms with Gasteiger partial charge in [-0.05, 0) is 30.2 Å². The normalized spacial score (nSPS) is 16.7. The molecule has 0 unspecified atom stereocenters. The molecule has 6 nitrogen and oxygen atoms in total. The van der Waals surface area contributed by atoms with Gasteiger partial charge in [0.05, 0.1) is 15.5 Å². The van der Waals surface area contributed by atoms with E-state index in [1.807, 2.05) is 23.1 Å². The number of rotatable bonds is 5. The molecule has 1 fully saturated rings. The summed E-state index contributed by atoms with van der Waals surface area (Å²) in [5.74, 6) is 0. The van der Waals surface area contributed by atoms with Crippen molar-refractivity contribution in [2.45, 2.75) is 22.8 Å². The van der Waals surface area contributed by atoms with Gasteiger partial charge in [-0.3, -0.25) is 4.90 Å². The lowest BCUT2D eigenvalue weighted by atomic mass is 10.2. The fraction of sp³-hybridized carbons (Fsp3) is 0.400. The Morgan fingerprint density at radius 1 is 0.821 bits per heavy atom. The molecule has 0 amide bonds. The van der Waals surface area contributed by atoms with Crippen LogP contribution in [-0.4, -0.2) is 60.4 Å². The van der Waals surface area contributed by atoms with E-state index >= 15 is 0 Å². The van der Waals surface area contributed by atoms with E-state index in [1.165, 1.54) is 17.7 Å². The van der Waals surface area contributed by atoms with Gasteiger partial charge in [0.25, 0.3) is 0 Å². The predicted molar refractivity (Wildman–Crippen MR) is 111 cm³/mol. The Bertz CT molecular complexity index is 1040. The molecule has 8 heteroatoms. The molecule has 1 heterocycles. The topological polar surface area (TPSA) is 74.8 Å². The average molecular weight is 423 g/mol. The molecule has 28 heavy (non-hydrogen) atoms. The summed E-state index contributed by atoms with van der Waals surface area (Å²) in [6.45, 7) is 4.02. The van der Waals surface area contributed by atoms with Gasteiger partial charge in [0.15, 0.2) is 19.7 Å². The third kappa shape index (κ3) is 5.12. The zero-order valence-electron chi connectivity index (χ0n) is 16.2. The minimum atomic E-state index is -3.56. The summed E-state index contributed by atoms with van der Waals surface area (Å²) >= 11 is 0. The molecule has 0 aliphatic carbocycles. The molecule has 2 aromatic carbocycles. The summed E-state index contributed by atoms with van der Waals surface area (Å²) in [5.41, 5.74) is 1.83. The van der Waals surface area contributed by atoms with Crippen LogP contribution in [0.3, 0.4) is 0 Å². The number of hydrogen-bond acceptors (Lipinski definition) is 6. The van der Waals surface area contributed by atoms with Crippen LogP contribution in [0.25, 0.3) is 0 Å². The smallest absolute Gasteiger partial charge is 0.177 e. The third-order valence-electron chi connectivity index (χ3n) is 4.94. The van der Waals surface area contributed by atoms with E-state index in [9.17, 15) is 16.8 Å². The largest absolute Gasteiger partial charge is 0.369 e. The van der Waals surface area contributed by atoms with Gasteiger partial charge in [-0.15, -0.1) is 0 Å². The lowest BCUT2D eigenvalue weighted by Gasteiger charge is -2.26. The second kappa shape index (κ2) is 8.23. The van der Waals surface area contributed by atoms with Gasteiger partial charge in [0, 0.05) is 45.2 Å². The molecule has 0 spiro atoms. The van der Waals surface area contributed by atoms with Gasteiger partial charge < -0.3 is 4.90 Å². The van der Waals surface area contributed by atoms with Crippen LogP contribution in [0.2, 0.25) is 0 Å². The second-order valence-electron chi connectivity index (χ2n) is 7.28. The summed E-state index contributed by atoms with van der Waals surface area (Å²) < 4.78 is 48.4. The maximum Gasteiger partial charge on any atom is 0.177 e. The van der Waals surface area contributed by atoms with Crippen LogP contribution in [0.5, 0.6) is 0 Å². The molecule has 0 radical (unpaired) electrons. The van der Waals surface area contributed by atoms with Crippen LogP contribution in [0.15, 0.2) is 58.3 Å². The number of nitrogens with zero attached hydrogens (tertiary/aromatic N) is 2.